The van der Waals surface area contributed by atoms with Gasteiger partial charge in [0, 0.05) is 31.4 Å². The number of nitrogens with two attached hydrogens (primary N) is 1. The first kappa shape index (κ1) is 14.0. The minimum Gasteiger partial charge on any atom is -0.406 e. The number of halogens is 3. The molecule has 0 aromatic heterocycles. The van der Waals surface area contributed by atoms with Gasteiger partial charge in [0.1, 0.15) is 5.75 Å². The number of anilines is 1. The predicted octanol–water partition coefficient (Wildman–Crippen LogP) is 2.00. The molecule has 4 nitrogen and oxygen atoms in total. The van der Waals surface area contributed by atoms with Gasteiger partial charge in [-0.2, -0.15) is 0 Å². The third-order valence-electron chi connectivity index (χ3n) is 2.73. The summed E-state index contributed by atoms with van der Waals surface area (Å²) in [5.41, 5.74) is 6.54. The van der Waals surface area contributed by atoms with E-state index < -0.39 is 6.36 Å². The highest BCUT2D eigenvalue weighted by Crippen LogP contribution is 2.26. The first-order valence-electron chi connectivity index (χ1n) is 5.88. The Labute approximate surface area is 108 Å². The van der Waals surface area contributed by atoms with Crippen LogP contribution in [0.4, 0.5) is 18.9 Å². The molecule has 0 bridgehead atoms. The number of ether oxygens (including phenoxy) is 2. The third kappa shape index (κ3) is 4.60. The molecule has 0 saturated carbocycles. The van der Waals surface area contributed by atoms with Gasteiger partial charge in [0.25, 0.3) is 0 Å². The number of morpholine rings is 1. The van der Waals surface area contributed by atoms with Crippen molar-refractivity contribution >= 4 is 5.69 Å². The summed E-state index contributed by atoms with van der Waals surface area (Å²) >= 11 is 0. The molecule has 1 fully saturated rings. The Morgan fingerprint density at radius 3 is 2.53 bits per heavy atom. The zero-order valence-electron chi connectivity index (χ0n) is 10.2. The van der Waals surface area contributed by atoms with Crippen molar-refractivity contribution in [3.63, 3.8) is 0 Å². The predicted molar refractivity (Wildman–Crippen MR) is 63.6 cm³/mol. The lowest BCUT2D eigenvalue weighted by Gasteiger charge is -2.26. The van der Waals surface area contributed by atoms with E-state index in [0.717, 1.165) is 19.2 Å². The van der Waals surface area contributed by atoms with Gasteiger partial charge in [-0.25, -0.2) is 0 Å². The van der Waals surface area contributed by atoms with Gasteiger partial charge in [-0.05, 0) is 17.7 Å². The molecule has 19 heavy (non-hydrogen) atoms. The van der Waals surface area contributed by atoms with E-state index in [2.05, 4.69) is 9.64 Å². The van der Waals surface area contributed by atoms with Crippen molar-refractivity contribution in [2.45, 2.75) is 12.9 Å². The maximum Gasteiger partial charge on any atom is 0.573 e. The third-order valence-corrected chi connectivity index (χ3v) is 2.73. The highest BCUT2D eigenvalue weighted by molar-refractivity contribution is 5.47. The number of rotatable bonds is 3. The van der Waals surface area contributed by atoms with Crippen molar-refractivity contribution in [1.29, 1.82) is 0 Å². The smallest absolute Gasteiger partial charge is 0.406 e. The van der Waals surface area contributed by atoms with Gasteiger partial charge in [0.15, 0.2) is 0 Å². The number of alkyl halides is 3. The number of hydrogen-bond acceptors (Lipinski definition) is 4. The van der Waals surface area contributed by atoms with Gasteiger partial charge in [0.05, 0.1) is 13.2 Å². The van der Waals surface area contributed by atoms with Crippen LogP contribution in [0.3, 0.4) is 0 Å². The normalized spacial score (nSPS) is 17.4. The standard InChI is InChI=1S/C12H15F3N2O2/c13-12(14,15)19-11-6-9(5-10(16)7-11)8-17-1-3-18-4-2-17/h5-7H,1-4,8,16H2. The van der Waals surface area contributed by atoms with E-state index in [-0.39, 0.29) is 11.4 Å². The van der Waals surface area contributed by atoms with Crippen LogP contribution in [-0.2, 0) is 11.3 Å². The average molecular weight is 276 g/mol. The lowest BCUT2D eigenvalue weighted by Crippen LogP contribution is -2.35. The fourth-order valence-corrected chi connectivity index (χ4v) is 1.99. The van der Waals surface area contributed by atoms with E-state index >= 15 is 0 Å². The fraction of sp³-hybridized carbons (Fsp3) is 0.500. The highest BCUT2D eigenvalue weighted by Gasteiger charge is 2.31. The second-order valence-electron chi connectivity index (χ2n) is 4.35. The fourth-order valence-electron chi connectivity index (χ4n) is 1.99. The van der Waals surface area contributed by atoms with Crippen LogP contribution >= 0.6 is 0 Å². The molecule has 2 N–H and O–H groups in total. The molecule has 1 heterocycles. The van der Waals surface area contributed by atoms with Crippen molar-refractivity contribution in [3.8, 4) is 5.75 Å². The second kappa shape index (κ2) is 5.66. The topological polar surface area (TPSA) is 47.7 Å². The SMILES string of the molecule is Nc1cc(CN2CCOCC2)cc(OC(F)(F)F)c1. The molecule has 0 unspecified atom stereocenters. The van der Waals surface area contributed by atoms with E-state index in [1.165, 1.54) is 6.07 Å². The molecule has 1 aliphatic rings. The zero-order valence-corrected chi connectivity index (χ0v) is 10.2. The van der Waals surface area contributed by atoms with Crippen molar-refractivity contribution < 1.29 is 22.6 Å². The summed E-state index contributed by atoms with van der Waals surface area (Å²) in [5, 5.41) is 0. The summed E-state index contributed by atoms with van der Waals surface area (Å²) in [7, 11) is 0. The first-order valence-corrected chi connectivity index (χ1v) is 5.88. The monoisotopic (exact) mass is 276 g/mol. The molecule has 0 atom stereocenters. The van der Waals surface area contributed by atoms with E-state index in [4.69, 9.17) is 10.5 Å². The van der Waals surface area contributed by atoms with Gasteiger partial charge in [-0.3, -0.25) is 4.90 Å². The average Bonchev–Trinajstić information content (AvgIpc) is 2.26. The summed E-state index contributed by atoms with van der Waals surface area (Å²) in [5.74, 6) is -0.282. The minimum absolute atomic E-state index is 0.255. The van der Waals surface area contributed by atoms with Crippen molar-refractivity contribution in [3.05, 3.63) is 23.8 Å². The number of benzene rings is 1. The summed E-state index contributed by atoms with van der Waals surface area (Å²) < 4.78 is 45.6. The van der Waals surface area contributed by atoms with Crippen LogP contribution < -0.4 is 10.5 Å². The largest absolute Gasteiger partial charge is 0.573 e. The van der Waals surface area contributed by atoms with E-state index in [9.17, 15) is 13.2 Å². The summed E-state index contributed by atoms with van der Waals surface area (Å²) in [6, 6.07) is 4.17. The molecular weight excluding hydrogens is 261 g/mol. The Bertz CT molecular complexity index is 431. The zero-order chi connectivity index (χ0) is 13.9. The van der Waals surface area contributed by atoms with Gasteiger partial charge < -0.3 is 15.2 Å². The molecule has 0 aliphatic carbocycles. The van der Waals surface area contributed by atoms with E-state index in [1.807, 2.05) is 0 Å². The molecule has 1 saturated heterocycles. The molecule has 0 spiro atoms. The van der Waals surface area contributed by atoms with Gasteiger partial charge >= 0.3 is 6.36 Å². The highest BCUT2D eigenvalue weighted by atomic mass is 19.4. The van der Waals surface area contributed by atoms with E-state index in [0.29, 0.717) is 25.3 Å². The Hall–Kier alpha value is -1.47. The molecule has 7 heteroatoms. The molecule has 2 rings (SSSR count). The van der Waals surface area contributed by atoms with Crippen molar-refractivity contribution in [1.82, 2.24) is 4.90 Å². The second-order valence-corrected chi connectivity index (χ2v) is 4.35. The number of nitrogen functional groups attached to an aromatic ring is 1. The van der Waals surface area contributed by atoms with Gasteiger partial charge in [-0.1, -0.05) is 0 Å². The van der Waals surface area contributed by atoms with Gasteiger partial charge in [0.2, 0.25) is 0 Å². The Morgan fingerprint density at radius 2 is 1.89 bits per heavy atom. The lowest BCUT2D eigenvalue weighted by atomic mass is 10.1. The van der Waals surface area contributed by atoms with Crippen molar-refractivity contribution in [2.75, 3.05) is 32.0 Å². The molecule has 106 valence electrons. The van der Waals surface area contributed by atoms with Crippen LogP contribution in [0.15, 0.2) is 18.2 Å². The summed E-state index contributed by atoms with van der Waals surface area (Å²) in [6.45, 7) is 3.31. The molecule has 1 aromatic rings. The van der Waals surface area contributed by atoms with Crippen LogP contribution in [0.1, 0.15) is 5.56 Å². The molecule has 1 aliphatic heterocycles. The Morgan fingerprint density at radius 1 is 1.21 bits per heavy atom. The maximum absolute atomic E-state index is 12.2. The number of nitrogens with zero attached hydrogens (tertiary/aromatic N) is 1. The quantitative estimate of drug-likeness (QED) is 0.858. The molecule has 0 amide bonds. The number of hydrogen-bond donors (Lipinski definition) is 1. The van der Waals surface area contributed by atoms with Crippen LogP contribution in [0.25, 0.3) is 0 Å². The van der Waals surface area contributed by atoms with Crippen molar-refractivity contribution in [2.24, 2.45) is 0 Å². The molecule has 0 radical (unpaired) electrons. The van der Waals surface area contributed by atoms with Crippen LogP contribution in [0.5, 0.6) is 5.75 Å². The van der Waals surface area contributed by atoms with Crippen LogP contribution in [0, 0.1) is 0 Å². The van der Waals surface area contributed by atoms with E-state index in [1.54, 1.807) is 6.07 Å². The Balaban J connectivity index is 2.07. The van der Waals surface area contributed by atoms with Gasteiger partial charge in [-0.15, -0.1) is 13.2 Å². The lowest BCUT2D eigenvalue weighted by molar-refractivity contribution is -0.274. The summed E-state index contributed by atoms with van der Waals surface area (Å²) in [4.78, 5) is 2.09. The molecular formula is C12H15F3N2O2. The maximum atomic E-state index is 12.2. The Kier molecular flexibility index (Phi) is 4.16. The van der Waals surface area contributed by atoms with Crippen LogP contribution in [-0.4, -0.2) is 37.6 Å². The van der Waals surface area contributed by atoms with Crippen LogP contribution in [0.2, 0.25) is 0 Å². The minimum atomic E-state index is -4.70. The first-order chi connectivity index (χ1) is 8.92. The molecule has 1 aromatic carbocycles. The summed E-state index contributed by atoms with van der Waals surface area (Å²) in [6.07, 6.45) is -4.70.